The lowest BCUT2D eigenvalue weighted by Crippen LogP contribution is -2.30. The molecule has 0 bridgehead atoms. The van der Waals surface area contributed by atoms with E-state index in [-0.39, 0.29) is 0 Å². The molecule has 1 aliphatic heterocycles. The quantitative estimate of drug-likeness (QED) is 0.658. The lowest BCUT2D eigenvalue weighted by molar-refractivity contribution is 0.247. The van der Waals surface area contributed by atoms with Gasteiger partial charge in [0, 0.05) is 22.6 Å². The van der Waals surface area contributed by atoms with E-state index in [2.05, 4.69) is 18.9 Å². The van der Waals surface area contributed by atoms with Crippen molar-refractivity contribution < 1.29 is 0 Å². The van der Waals surface area contributed by atoms with Crippen LogP contribution in [0.25, 0.3) is 0 Å². The number of halogens is 2. The van der Waals surface area contributed by atoms with E-state index >= 15 is 0 Å². The van der Waals surface area contributed by atoms with E-state index in [0.29, 0.717) is 6.04 Å². The number of hydrogen-bond donors (Lipinski definition) is 0. The van der Waals surface area contributed by atoms with Gasteiger partial charge in [0.25, 0.3) is 0 Å². The standard InChI is InChI=1S/C11H13Cl2N/c1-7-11-8(3-4-14(7)2)5-9(12)6-10(11)13/h5-7H,3-4H2,1-2H3. The number of hydrogen-bond acceptors (Lipinski definition) is 1. The van der Waals surface area contributed by atoms with E-state index in [4.69, 9.17) is 23.2 Å². The molecule has 2 rings (SSSR count). The van der Waals surface area contributed by atoms with Gasteiger partial charge < -0.3 is 0 Å². The summed E-state index contributed by atoms with van der Waals surface area (Å²) in [6.45, 7) is 3.25. The van der Waals surface area contributed by atoms with Gasteiger partial charge in [-0.15, -0.1) is 0 Å². The van der Waals surface area contributed by atoms with Crippen LogP contribution >= 0.6 is 23.2 Å². The van der Waals surface area contributed by atoms with Crippen LogP contribution in [0.15, 0.2) is 12.1 Å². The van der Waals surface area contributed by atoms with Gasteiger partial charge in [-0.25, -0.2) is 0 Å². The summed E-state index contributed by atoms with van der Waals surface area (Å²) in [7, 11) is 2.12. The summed E-state index contributed by atoms with van der Waals surface area (Å²) in [5.74, 6) is 0. The van der Waals surface area contributed by atoms with Crippen molar-refractivity contribution in [3.63, 3.8) is 0 Å². The number of nitrogens with zero attached hydrogens (tertiary/aromatic N) is 1. The zero-order valence-electron chi connectivity index (χ0n) is 8.35. The van der Waals surface area contributed by atoms with E-state index < -0.39 is 0 Å². The van der Waals surface area contributed by atoms with Gasteiger partial charge in [-0.2, -0.15) is 0 Å². The third kappa shape index (κ3) is 1.65. The van der Waals surface area contributed by atoms with Gasteiger partial charge in [0.05, 0.1) is 0 Å². The second-order valence-electron chi connectivity index (χ2n) is 3.87. The Morgan fingerprint density at radius 1 is 1.36 bits per heavy atom. The average molecular weight is 230 g/mol. The molecular formula is C11H13Cl2N. The Morgan fingerprint density at radius 2 is 2.07 bits per heavy atom. The molecule has 1 atom stereocenters. The first-order valence-electron chi connectivity index (χ1n) is 4.77. The molecule has 1 aromatic carbocycles. The smallest absolute Gasteiger partial charge is 0.0471 e. The molecule has 1 heterocycles. The highest BCUT2D eigenvalue weighted by Crippen LogP contribution is 2.35. The Morgan fingerprint density at radius 3 is 2.79 bits per heavy atom. The van der Waals surface area contributed by atoms with E-state index in [1.807, 2.05) is 12.1 Å². The molecule has 0 saturated heterocycles. The Labute approximate surface area is 94.6 Å². The molecule has 0 fully saturated rings. The monoisotopic (exact) mass is 229 g/mol. The minimum absolute atomic E-state index is 0.392. The minimum Gasteiger partial charge on any atom is -0.299 e. The number of likely N-dealkylation sites (N-methyl/N-ethyl adjacent to an activating group) is 1. The topological polar surface area (TPSA) is 3.24 Å². The van der Waals surface area contributed by atoms with Crippen molar-refractivity contribution in [2.75, 3.05) is 13.6 Å². The molecule has 1 unspecified atom stereocenters. The molecule has 0 aromatic heterocycles. The van der Waals surface area contributed by atoms with Gasteiger partial charge in [-0.3, -0.25) is 4.90 Å². The molecule has 1 aliphatic rings. The summed E-state index contributed by atoms with van der Waals surface area (Å²) >= 11 is 12.2. The van der Waals surface area contributed by atoms with Gasteiger partial charge in [-0.1, -0.05) is 23.2 Å². The highest BCUT2D eigenvalue weighted by Gasteiger charge is 2.23. The van der Waals surface area contributed by atoms with Gasteiger partial charge >= 0.3 is 0 Å². The molecule has 14 heavy (non-hydrogen) atoms. The normalized spacial score (nSPS) is 22.1. The summed E-state index contributed by atoms with van der Waals surface area (Å²) in [4.78, 5) is 2.31. The van der Waals surface area contributed by atoms with Crippen molar-refractivity contribution in [3.8, 4) is 0 Å². The van der Waals surface area contributed by atoms with Crippen molar-refractivity contribution in [1.29, 1.82) is 0 Å². The maximum Gasteiger partial charge on any atom is 0.0471 e. The highest BCUT2D eigenvalue weighted by molar-refractivity contribution is 6.35. The van der Waals surface area contributed by atoms with E-state index in [9.17, 15) is 0 Å². The third-order valence-electron chi connectivity index (χ3n) is 2.99. The van der Waals surface area contributed by atoms with E-state index in [1.165, 1.54) is 11.1 Å². The maximum absolute atomic E-state index is 6.20. The molecular weight excluding hydrogens is 217 g/mol. The highest BCUT2D eigenvalue weighted by atomic mass is 35.5. The van der Waals surface area contributed by atoms with Crippen LogP contribution in [0.1, 0.15) is 24.1 Å². The van der Waals surface area contributed by atoms with Crippen LogP contribution in [-0.2, 0) is 6.42 Å². The lowest BCUT2D eigenvalue weighted by Gasteiger charge is -2.32. The first kappa shape index (κ1) is 10.3. The summed E-state index contributed by atoms with van der Waals surface area (Å²) in [5.41, 5.74) is 2.54. The van der Waals surface area contributed by atoms with Crippen molar-refractivity contribution >= 4 is 23.2 Å². The Kier molecular flexibility index (Phi) is 2.74. The lowest BCUT2D eigenvalue weighted by atomic mass is 9.94. The molecule has 0 aliphatic carbocycles. The molecule has 1 nitrogen and oxygen atoms in total. The largest absolute Gasteiger partial charge is 0.299 e. The van der Waals surface area contributed by atoms with Crippen molar-refractivity contribution in [1.82, 2.24) is 4.90 Å². The molecule has 0 N–H and O–H groups in total. The number of fused-ring (bicyclic) bond motifs is 1. The molecule has 1 aromatic rings. The second kappa shape index (κ2) is 3.73. The summed E-state index contributed by atoms with van der Waals surface area (Å²) in [6.07, 6.45) is 1.04. The molecule has 0 saturated carbocycles. The maximum atomic E-state index is 6.20. The minimum atomic E-state index is 0.392. The predicted octanol–water partition coefficient (Wildman–Crippen LogP) is 3.54. The first-order valence-corrected chi connectivity index (χ1v) is 5.53. The van der Waals surface area contributed by atoms with E-state index in [1.54, 1.807) is 0 Å². The zero-order valence-corrected chi connectivity index (χ0v) is 9.86. The molecule has 0 radical (unpaired) electrons. The van der Waals surface area contributed by atoms with Crippen LogP contribution in [0, 0.1) is 0 Å². The van der Waals surface area contributed by atoms with Gasteiger partial charge in [0.15, 0.2) is 0 Å². The third-order valence-corrected chi connectivity index (χ3v) is 3.52. The predicted molar refractivity (Wildman–Crippen MR) is 61.2 cm³/mol. The molecule has 76 valence electrons. The van der Waals surface area contributed by atoms with Crippen molar-refractivity contribution in [2.24, 2.45) is 0 Å². The van der Waals surface area contributed by atoms with Crippen molar-refractivity contribution in [3.05, 3.63) is 33.3 Å². The first-order chi connectivity index (χ1) is 6.59. The van der Waals surface area contributed by atoms with E-state index in [0.717, 1.165) is 23.0 Å². The number of rotatable bonds is 0. The van der Waals surface area contributed by atoms with Crippen LogP contribution < -0.4 is 0 Å². The van der Waals surface area contributed by atoms with Gasteiger partial charge in [0.2, 0.25) is 0 Å². The Hall–Kier alpha value is -0.240. The fourth-order valence-corrected chi connectivity index (χ4v) is 2.72. The molecule has 3 heteroatoms. The average Bonchev–Trinajstić information content (AvgIpc) is 2.10. The zero-order chi connectivity index (χ0) is 10.3. The summed E-state index contributed by atoms with van der Waals surface area (Å²) in [5, 5.41) is 1.54. The van der Waals surface area contributed by atoms with Gasteiger partial charge in [-0.05, 0) is 43.7 Å². The van der Waals surface area contributed by atoms with Crippen molar-refractivity contribution in [2.45, 2.75) is 19.4 Å². The summed E-state index contributed by atoms with van der Waals surface area (Å²) in [6, 6.07) is 4.26. The summed E-state index contributed by atoms with van der Waals surface area (Å²) < 4.78 is 0. The second-order valence-corrected chi connectivity index (χ2v) is 4.71. The van der Waals surface area contributed by atoms with Crippen LogP contribution in [0.2, 0.25) is 10.0 Å². The van der Waals surface area contributed by atoms with Gasteiger partial charge in [0.1, 0.15) is 0 Å². The van der Waals surface area contributed by atoms with Crippen LogP contribution in [0.4, 0.5) is 0 Å². The Balaban J connectivity index is 2.54. The fraction of sp³-hybridized carbons (Fsp3) is 0.455. The van der Waals surface area contributed by atoms with Crippen LogP contribution in [-0.4, -0.2) is 18.5 Å². The number of benzene rings is 1. The fourth-order valence-electron chi connectivity index (χ4n) is 2.02. The van der Waals surface area contributed by atoms with Crippen LogP contribution in [0.5, 0.6) is 0 Å². The van der Waals surface area contributed by atoms with Crippen LogP contribution in [0.3, 0.4) is 0 Å². The molecule has 0 amide bonds. The molecule has 0 spiro atoms. The Bertz CT molecular complexity index is 363. The SMILES string of the molecule is CC1c2c(Cl)cc(Cl)cc2CCN1C.